The number of aromatic nitrogens is 3. The Morgan fingerprint density at radius 1 is 1.27 bits per heavy atom. The van der Waals surface area contributed by atoms with Crippen LogP contribution in [0.3, 0.4) is 0 Å². The van der Waals surface area contributed by atoms with E-state index in [1.54, 1.807) is 0 Å². The van der Waals surface area contributed by atoms with Crippen LogP contribution in [0, 0.1) is 0 Å². The van der Waals surface area contributed by atoms with Gasteiger partial charge in [-0.05, 0) is 0 Å². The predicted octanol–water partition coefficient (Wildman–Crippen LogP) is 3.87. The summed E-state index contributed by atoms with van der Waals surface area (Å²) in [4.78, 5) is 21.6. The van der Waals surface area contributed by atoms with Crippen molar-refractivity contribution in [3.05, 3.63) is 63.1 Å². The van der Waals surface area contributed by atoms with Crippen LogP contribution >= 0.6 is 34.3 Å². The molecule has 0 aliphatic carbocycles. The molecule has 6 nitrogen and oxygen atoms in total. The Kier molecular flexibility index (Phi) is 4.79. The number of nitrogens with zero attached hydrogens (tertiary/aromatic N) is 4. The summed E-state index contributed by atoms with van der Waals surface area (Å²) in [5, 5.41) is 8.91. The fourth-order valence-corrected chi connectivity index (χ4v) is 4.16. The number of carbonyl (C=O) groups is 1. The van der Waals surface area contributed by atoms with Gasteiger partial charge in [0.15, 0.2) is 10.1 Å². The first-order valence-corrected chi connectivity index (χ1v) is 9.77. The van der Waals surface area contributed by atoms with Crippen LogP contribution in [0.15, 0.2) is 52.4 Å². The first-order valence-electron chi connectivity index (χ1n) is 7.63. The van der Waals surface area contributed by atoms with Crippen LogP contribution < -0.4 is 5.43 Å². The van der Waals surface area contributed by atoms with Gasteiger partial charge in [0.05, 0.1) is 18.3 Å². The molecule has 0 radical (unpaired) electrons. The Labute approximate surface area is 161 Å². The number of amides is 1. The number of halogens is 1. The topological polar surface area (TPSA) is 71.7 Å². The van der Waals surface area contributed by atoms with Crippen molar-refractivity contribution in [3.8, 4) is 11.3 Å². The number of hydrogen-bond acceptors (Lipinski definition) is 6. The van der Waals surface area contributed by atoms with Gasteiger partial charge in [0, 0.05) is 22.5 Å². The highest BCUT2D eigenvalue weighted by Gasteiger charge is 2.10. The van der Waals surface area contributed by atoms with E-state index in [4.69, 9.17) is 11.6 Å². The Bertz CT molecular complexity index is 1080. The van der Waals surface area contributed by atoms with Crippen LogP contribution in [-0.4, -0.2) is 26.5 Å². The van der Waals surface area contributed by atoms with E-state index in [0.717, 1.165) is 21.2 Å². The highest BCUT2D eigenvalue weighted by Crippen LogP contribution is 2.22. The van der Waals surface area contributed by atoms with E-state index in [2.05, 4.69) is 20.5 Å². The molecule has 0 aliphatic rings. The third-order valence-electron chi connectivity index (χ3n) is 3.56. The average Bonchev–Trinajstić information content (AvgIpc) is 3.34. The summed E-state index contributed by atoms with van der Waals surface area (Å²) < 4.78 is 1.82. The van der Waals surface area contributed by atoms with Gasteiger partial charge in [-0.2, -0.15) is 5.10 Å². The number of fused-ring (bicyclic) bond motifs is 1. The second-order valence-electron chi connectivity index (χ2n) is 5.31. The van der Waals surface area contributed by atoms with Gasteiger partial charge in [0.2, 0.25) is 5.91 Å². The van der Waals surface area contributed by atoms with Gasteiger partial charge in [0.1, 0.15) is 10.7 Å². The number of benzene rings is 1. The fourth-order valence-electron chi connectivity index (χ4n) is 2.37. The molecule has 9 heteroatoms. The van der Waals surface area contributed by atoms with Crippen molar-refractivity contribution in [1.82, 2.24) is 19.8 Å². The minimum absolute atomic E-state index is 0.169. The van der Waals surface area contributed by atoms with Gasteiger partial charge in [-0.15, -0.1) is 22.7 Å². The minimum atomic E-state index is -0.239. The number of rotatable bonds is 5. The molecule has 3 heterocycles. The zero-order valence-corrected chi connectivity index (χ0v) is 15.7. The van der Waals surface area contributed by atoms with Crippen LogP contribution in [0.2, 0.25) is 5.15 Å². The SMILES string of the molecule is O=C(Cc1nc(-c2ccccc2)cs1)N/N=C\c1c(Cl)nc2sccn12. The summed E-state index contributed by atoms with van der Waals surface area (Å²) in [6.07, 6.45) is 3.51. The van der Waals surface area contributed by atoms with Crippen molar-refractivity contribution in [2.75, 3.05) is 0 Å². The minimum Gasteiger partial charge on any atom is -0.288 e. The third kappa shape index (κ3) is 3.52. The lowest BCUT2D eigenvalue weighted by Crippen LogP contribution is -2.19. The number of carbonyl (C=O) groups excluding carboxylic acids is 1. The highest BCUT2D eigenvalue weighted by molar-refractivity contribution is 7.15. The molecule has 0 spiro atoms. The maximum Gasteiger partial charge on any atom is 0.246 e. The fraction of sp³-hybridized carbons (Fsp3) is 0.0588. The Morgan fingerprint density at radius 3 is 2.96 bits per heavy atom. The summed E-state index contributed by atoms with van der Waals surface area (Å²) >= 11 is 9.01. The van der Waals surface area contributed by atoms with E-state index >= 15 is 0 Å². The van der Waals surface area contributed by atoms with Crippen LogP contribution in [0.4, 0.5) is 0 Å². The van der Waals surface area contributed by atoms with Gasteiger partial charge in [0.25, 0.3) is 0 Å². The molecule has 130 valence electrons. The van der Waals surface area contributed by atoms with Crippen molar-refractivity contribution in [2.24, 2.45) is 5.10 Å². The summed E-state index contributed by atoms with van der Waals surface area (Å²) in [5.41, 5.74) is 5.03. The van der Waals surface area contributed by atoms with Gasteiger partial charge in [-0.25, -0.2) is 15.4 Å². The van der Waals surface area contributed by atoms with Crippen LogP contribution in [0.5, 0.6) is 0 Å². The van der Waals surface area contributed by atoms with Crippen LogP contribution in [-0.2, 0) is 11.2 Å². The normalized spacial score (nSPS) is 11.4. The standard InChI is InChI=1S/C17H12ClN5OS2/c18-16-13(23-6-7-25-17(23)21-16)9-19-22-14(24)8-15-20-12(10-26-15)11-4-2-1-3-5-11/h1-7,9-10H,8H2,(H,22,24)/b19-9-. The molecule has 26 heavy (non-hydrogen) atoms. The molecule has 0 atom stereocenters. The number of thiazole rings is 2. The van der Waals surface area contributed by atoms with Crippen molar-refractivity contribution in [1.29, 1.82) is 0 Å². The molecule has 4 rings (SSSR count). The van der Waals surface area contributed by atoms with Gasteiger partial charge >= 0.3 is 0 Å². The lowest BCUT2D eigenvalue weighted by Gasteiger charge is -1.97. The molecule has 0 saturated heterocycles. The molecule has 0 fully saturated rings. The molecule has 1 aromatic carbocycles. The lowest BCUT2D eigenvalue weighted by atomic mass is 10.2. The monoisotopic (exact) mass is 401 g/mol. The van der Waals surface area contributed by atoms with E-state index in [0.29, 0.717) is 10.8 Å². The highest BCUT2D eigenvalue weighted by atomic mass is 35.5. The Morgan fingerprint density at radius 2 is 2.12 bits per heavy atom. The smallest absolute Gasteiger partial charge is 0.246 e. The maximum atomic E-state index is 12.1. The van der Waals surface area contributed by atoms with E-state index in [-0.39, 0.29) is 12.3 Å². The van der Waals surface area contributed by atoms with Gasteiger partial charge in [-0.3, -0.25) is 9.20 Å². The zero-order valence-electron chi connectivity index (χ0n) is 13.3. The molecule has 0 unspecified atom stereocenters. The van der Waals surface area contributed by atoms with Crippen molar-refractivity contribution < 1.29 is 4.79 Å². The predicted molar refractivity (Wildman–Crippen MR) is 105 cm³/mol. The van der Waals surface area contributed by atoms with Gasteiger partial charge < -0.3 is 0 Å². The number of nitrogens with one attached hydrogen (secondary N) is 1. The molecule has 0 bridgehead atoms. The number of hydrazone groups is 1. The molecular weight excluding hydrogens is 390 g/mol. The third-order valence-corrected chi connectivity index (χ3v) is 5.45. The maximum absolute atomic E-state index is 12.1. The molecule has 0 aliphatic heterocycles. The van der Waals surface area contributed by atoms with Crippen molar-refractivity contribution in [2.45, 2.75) is 6.42 Å². The number of imidazole rings is 1. The summed E-state index contributed by atoms with van der Waals surface area (Å²) in [6, 6.07) is 9.86. The molecule has 3 aromatic heterocycles. The van der Waals surface area contributed by atoms with Crippen LogP contribution in [0.1, 0.15) is 10.7 Å². The largest absolute Gasteiger partial charge is 0.288 e. The lowest BCUT2D eigenvalue weighted by molar-refractivity contribution is -0.120. The second kappa shape index (κ2) is 7.36. The van der Waals surface area contributed by atoms with Crippen molar-refractivity contribution in [3.63, 3.8) is 0 Å². The molecule has 4 aromatic rings. The summed E-state index contributed by atoms with van der Waals surface area (Å²) in [5.74, 6) is -0.239. The summed E-state index contributed by atoms with van der Waals surface area (Å²) in [7, 11) is 0. The molecule has 0 saturated carbocycles. The first kappa shape index (κ1) is 16.9. The molecular formula is C17H12ClN5OS2. The number of hydrogen-bond donors (Lipinski definition) is 1. The molecule has 1 N–H and O–H groups in total. The van der Waals surface area contributed by atoms with Gasteiger partial charge in [-0.1, -0.05) is 41.9 Å². The molecule has 1 amide bonds. The Hall–Kier alpha value is -2.55. The van der Waals surface area contributed by atoms with E-state index in [1.807, 2.05) is 51.7 Å². The van der Waals surface area contributed by atoms with E-state index < -0.39 is 0 Å². The first-order chi connectivity index (χ1) is 12.7. The summed E-state index contributed by atoms with van der Waals surface area (Å²) in [6.45, 7) is 0. The average molecular weight is 402 g/mol. The quantitative estimate of drug-likeness (QED) is 0.407. The second-order valence-corrected chi connectivity index (χ2v) is 7.48. The zero-order chi connectivity index (χ0) is 17.9. The van der Waals surface area contributed by atoms with E-state index in [9.17, 15) is 4.79 Å². The van der Waals surface area contributed by atoms with Crippen molar-refractivity contribution >= 4 is 51.4 Å². The van der Waals surface area contributed by atoms with E-state index in [1.165, 1.54) is 28.9 Å². The Balaban J connectivity index is 1.39. The van der Waals surface area contributed by atoms with Crippen LogP contribution in [0.25, 0.3) is 16.2 Å².